The van der Waals surface area contributed by atoms with Gasteiger partial charge in [-0.25, -0.2) is 0 Å². The van der Waals surface area contributed by atoms with Crippen LogP contribution in [0.25, 0.3) is 6.08 Å². The number of carbonyl (C=O) groups excluding carboxylic acids is 2. The highest BCUT2D eigenvalue weighted by atomic mass is 16.5. The van der Waals surface area contributed by atoms with Crippen LogP contribution < -0.4 is 25.1 Å². The lowest BCUT2D eigenvalue weighted by molar-refractivity contribution is -0.117. The van der Waals surface area contributed by atoms with E-state index in [0.29, 0.717) is 29.4 Å². The van der Waals surface area contributed by atoms with Gasteiger partial charge >= 0.3 is 0 Å². The van der Waals surface area contributed by atoms with Crippen LogP contribution in [0.15, 0.2) is 42.5 Å². The average molecular weight is 384 g/mol. The number of aryl methyl sites for hydroxylation is 1. The van der Waals surface area contributed by atoms with Gasteiger partial charge in [-0.1, -0.05) is 11.6 Å². The summed E-state index contributed by atoms with van der Waals surface area (Å²) >= 11 is 0. The third-order valence-electron chi connectivity index (χ3n) is 3.82. The van der Waals surface area contributed by atoms with Gasteiger partial charge in [-0.2, -0.15) is 0 Å². The van der Waals surface area contributed by atoms with Gasteiger partial charge in [0, 0.05) is 17.2 Å². The molecule has 0 aromatic heterocycles. The second-order valence-corrected chi connectivity index (χ2v) is 5.82. The summed E-state index contributed by atoms with van der Waals surface area (Å²) in [6.07, 6.45) is 2.93. The van der Waals surface area contributed by atoms with E-state index >= 15 is 0 Å². The molecule has 0 aliphatic heterocycles. The number of hydrogen-bond acceptors (Lipinski definition) is 5. The molecule has 0 aliphatic carbocycles. The number of methoxy groups -OCH3 is 2. The topological polar surface area (TPSA) is 85.9 Å². The number of carbonyl (C=O) groups is 2. The minimum Gasteiger partial charge on any atom is -0.496 e. The van der Waals surface area contributed by atoms with Crippen LogP contribution in [-0.2, 0) is 4.79 Å². The van der Waals surface area contributed by atoms with Gasteiger partial charge in [-0.15, -0.1) is 0 Å². The van der Waals surface area contributed by atoms with Crippen LogP contribution in [0.5, 0.6) is 17.2 Å². The quantitative estimate of drug-likeness (QED) is 0.566. The predicted octanol–water partition coefficient (Wildman–Crippen LogP) is 2.89. The molecular weight excluding hydrogens is 360 g/mol. The summed E-state index contributed by atoms with van der Waals surface area (Å²) in [6, 6.07) is 10.4. The molecule has 0 fully saturated rings. The minimum absolute atomic E-state index is 0.324. The van der Waals surface area contributed by atoms with Crippen molar-refractivity contribution in [1.29, 1.82) is 0 Å². The van der Waals surface area contributed by atoms with E-state index in [9.17, 15) is 9.59 Å². The van der Waals surface area contributed by atoms with Crippen molar-refractivity contribution in [3.63, 3.8) is 0 Å². The van der Waals surface area contributed by atoms with Crippen LogP contribution in [0.1, 0.15) is 28.4 Å². The van der Waals surface area contributed by atoms with Crippen molar-refractivity contribution in [2.45, 2.75) is 13.8 Å². The Morgan fingerprint density at radius 3 is 2.36 bits per heavy atom. The zero-order valence-corrected chi connectivity index (χ0v) is 16.4. The molecule has 0 aliphatic rings. The van der Waals surface area contributed by atoms with Gasteiger partial charge in [0.2, 0.25) is 0 Å². The summed E-state index contributed by atoms with van der Waals surface area (Å²) in [5.74, 6) is 0.680. The third kappa shape index (κ3) is 5.51. The van der Waals surface area contributed by atoms with Gasteiger partial charge in [0.25, 0.3) is 11.8 Å². The van der Waals surface area contributed by atoms with Gasteiger partial charge in [-0.05, 0) is 50.3 Å². The summed E-state index contributed by atoms with van der Waals surface area (Å²) in [5.41, 5.74) is 6.83. The van der Waals surface area contributed by atoms with E-state index in [1.54, 1.807) is 31.4 Å². The van der Waals surface area contributed by atoms with E-state index in [-0.39, 0.29) is 0 Å². The fraction of sp³-hybridized carbons (Fsp3) is 0.238. The first-order chi connectivity index (χ1) is 13.5. The van der Waals surface area contributed by atoms with Crippen LogP contribution in [0.4, 0.5) is 0 Å². The van der Waals surface area contributed by atoms with Gasteiger partial charge in [-0.3, -0.25) is 20.4 Å². The summed E-state index contributed by atoms with van der Waals surface area (Å²) in [4.78, 5) is 24.2. The van der Waals surface area contributed by atoms with Crippen LogP contribution in [0.2, 0.25) is 0 Å². The molecule has 2 N–H and O–H groups in total. The normalized spacial score (nSPS) is 10.4. The Morgan fingerprint density at radius 1 is 0.964 bits per heavy atom. The number of hydrogen-bond donors (Lipinski definition) is 2. The van der Waals surface area contributed by atoms with Crippen LogP contribution in [0, 0.1) is 6.92 Å². The van der Waals surface area contributed by atoms with Crippen molar-refractivity contribution in [2.75, 3.05) is 20.8 Å². The molecule has 0 saturated carbocycles. The zero-order chi connectivity index (χ0) is 20.5. The largest absolute Gasteiger partial charge is 0.496 e. The molecule has 0 bridgehead atoms. The molecule has 0 unspecified atom stereocenters. The van der Waals surface area contributed by atoms with E-state index in [1.807, 2.05) is 32.0 Å². The molecular formula is C21H24N2O5. The predicted molar refractivity (Wildman–Crippen MR) is 107 cm³/mol. The highest BCUT2D eigenvalue weighted by Gasteiger charge is 2.11. The van der Waals surface area contributed by atoms with Crippen molar-refractivity contribution in [3.8, 4) is 17.2 Å². The summed E-state index contributed by atoms with van der Waals surface area (Å²) in [5, 5.41) is 0. The molecule has 2 amide bonds. The number of nitrogens with one attached hydrogen (secondary N) is 2. The van der Waals surface area contributed by atoms with Crippen molar-refractivity contribution < 1.29 is 23.8 Å². The number of benzene rings is 2. The zero-order valence-electron chi connectivity index (χ0n) is 16.4. The minimum atomic E-state index is -0.477. The van der Waals surface area contributed by atoms with Gasteiger partial charge in [0.1, 0.15) is 5.75 Å². The summed E-state index contributed by atoms with van der Waals surface area (Å²) < 4.78 is 15.9. The molecule has 0 radical (unpaired) electrons. The lowest BCUT2D eigenvalue weighted by atomic mass is 10.1. The molecule has 0 spiro atoms. The molecule has 2 aromatic rings. The van der Waals surface area contributed by atoms with Crippen LogP contribution >= 0.6 is 0 Å². The fourth-order valence-electron chi connectivity index (χ4n) is 2.47. The maximum atomic E-state index is 12.2. The van der Waals surface area contributed by atoms with E-state index < -0.39 is 11.8 Å². The highest BCUT2D eigenvalue weighted by Crippen LogP contribution is 2.28. The first kappa shape index (κ1) is 20.8. The maximum Gasteiger partial charge on any atom is 0.269 e. The van der Waals surface area contributed by atoms with Gasteiger partial charge in [0.05, 0.1) is 20.8 Å². The average Bonchev–Trinajstić information content (AvgIpc) is 2.71. The van der Waals surface area contributed by atoms with Gasteiger partial charge < -0.3 is 14.2 Å². The smallest absolute Gasteiger partial charge is 0.269 e. The van der Waals surface area contributed by atoms with E-state index in [2.05, 4.69) is 10.9 Å². The monoisotopic (exact) mass is 384 g/mol. The van der Waals surface area contributed by atoms with Crippen molar-refractivity contribution in [3.05, 3.63) is 59.2 Å². The van der Waals surface area contributed by atoms with E-state index in [0.717, 1.165) is 11.1 Å². The molecule has 0 saturated heterocycles. The molecule has 0 heterocycles. The second-order valence-electron chi connectivity index (χ2n) is 5.82. The lowest BCUT2D eigenvalue weighted by Crippen LogP contribution is -2.40. The second kappa shape index (κ2) is 10.0. The Morgan fingerprint density at radius 2 is 1.68 bits per heavy atom. The Balaban J connectivity index is 1.99. The Kier molecular flexibility index (Phi) is 7.45. The molecule has 7 nitrogen and oxygen atoms in total. The molecule has 2 aromatic carbocycles. The lowest BCUT2D eigenvalue weighted by Gasteiger charge is -2.11. The molecule has 0 atom stereocenters. The van der Waals surface area contributed by atoms with Crippen molar-refractivity contribution in [1.82, 2.24) is 10.9 Å². The molecule has 28 heavy (non-hydrogen) atoms. The molecule has 148 valence electrons. The number of rotatable bonds is 7. The third-order valence-corrected chi connectivity index (χ3v) is 3.82. The highest BCUT2D eigenvalue weighted by molar-refractivity contribution is 5.98. The van der Waals surface area contributed by atoms with Gasteiger partial charge in [0.15, 0.2) is 11.5 Å². The number of hydrazine groups is 1. The number of ether oxygens (including phenoxy) is 3. The Hall–Kier alpha value is -3.48. The summed E-state index contributed by atoms with van der Waals surface area (Å²) in [7, 11) is 3.05. The Labute approximate surface area is 164 Å². The van der Waals surface area contributed by atoms with Crippen molar-refractivity contribution in [2.24, 2.45) is 0 Å². The van der Waals surface area contributed by atoms with Crippen LogP contribution in [-0.4, -0.2) is 32.6 Å². The SMILES string of the molecule is CCOc1ccc(C(=O)NNC(=O)/C=C/c2cc(C)ccc2OC)cc1OC. The van der Waals surface area contributed by atoms with Crippen molar-refractivity contribution >= 4 is 17.9 Å². The molecule has 2 rings (SSSR count). The first-order valence-corrected chi connectivity index (χ1v) is 8.72. The standard InChI is InChI=1S/C21H24N2O5/c1-5-28-18-10-7-16(13-19(18)27-4)21(25)23-22-20(24)11-8-15-12-14(2)6-9-17(15)26-3/h6-13H,5H2,1-4H3,(H,22,24)(H,23,25)/b11-8+. The maximum absolute atomic E-state index is 12.2. The Bertz CT molecular complexity index is 877. The molecule has 7 heteroatoms. The fourth-order valence-corrected chi connectivity index (χ4v) is 2.47. The first-order valence-electron chi connectivity index (χ1n) is 8.72. The van der Waals surface area contributed by atoms with Crippen LogP contribution in [0.3, 0.4) is 0 Å². The van der Waals surface area contributed by atoms with E-state index in [1.165, 1.54) is 13.2 Å². The number of amides is 2. The van der Waals surface area contributed by atoms with E-state index in [4.69, 9.17) is 14.2 Å². The summed E-state index contributed by atoms with van der Waals surface area (Å²) in [6.45, 7) is 4.29.